The molecule has 1 aromatic heterocycles. The smallest absolute Gasteiger partial charge is 0.227 e. The van der Waals surface area contributed by atoms with Gasteiger partial charge < -0.3 is 21.1 Å². The van der Waals surface area contributed by atoms with Crippen molar-refractivity contribution < 1.29 is 9.90 Å². The molecule has 1 aromatic rings. The van der Waals surface area contributed by atoms with E-state index < -0.39 is 0 Å². The van der Waals surface area contributed by atoms with Crippen molar-refractivity contribution in [1.29, 1.82) is 0 Å². The number of carbonyl (C=O) groups is 1. The molecule has 0 unspecified atom stereocenters. The lowest BCUT2D eigenvalue weighted by atomic mass is 9.72. The van der Waals surface area contributed by atoms with E-state index in [1.54, 1.807) is 12.3 Å². The number of amides is 1. The molecule has 0 radical (unpaired) electrons. The molecule has 0 spiro atoms. The van der Waals surface area contributed by atoms with Gasteiger partial charge in [0.1, 0.15) is 5.82 Å². The molecule has 1 saturated carbocycles. The summed E-state index contributed by atoms with van der Waals surface area (Å²) in [6.45, 7) is 6.17. The zero-order valence-corrected chi connectivity index (χ0v) is 17.3. The number of anilines is 1. The van der Waals surface area contributed by atoms with Crippen LogP contribution < -0.4 is 16.0 Å². The van der Waals surface area contributed by atoms with Crippen molar-refractivity contribution >= 4 is 17.7 Å². The minimum absolute atomic E-state index is 0.0799. The Hall–Kier alpha value is -2.15. The van der Waals surface area contributed by atoms with Gasteiger partial charge in [0.05, 0.1) is 0 Å². The van der Waals surface area contributed by atoms with Gasteiger partial charge in [-0.2, -0.15) is 0 Å². The molecule has 2 rings (SSSR count). The van der Waals surface area contributed by atoms with Crippen LogP contribution in [0.25, 0.3) is 0 Å². The van der Waals surface area contributed by atoms with Crippen LogP contribution in [0.4, 0.5) is 5.82 Å². The number of guanidine groups is 1. The van der Waals surface area contributed by atoms with Crippen molar-refractivity contribution in [1.82, 2.24) is 15.6 Å². The molecule has 1 fully saturated rings. The Morgan fingerprint density at radius 3 is 2.68 bits per heavy atom. The predicted octanol–water partition coefficient (Wildman–Crippen LogP) is 2.61. The summed E-state index contributed by atoms with van der Waals surface area (Å²) in [5, 5.41) is 18.7. The largest absolute Gasteiger partial charge is 0.396 e. The number of hydrogen-bond acceptors (Lipinski definition) is 4. The molecule has 0 aromatic carbocycles. The molecule has 0 saturated heterocycles. The van der Waals surface area contributed by atoms with Crippen molar-refractivity contribution in [3.8, 4) is 0 Å². The Kier molecular flexibility index (Phi) is 9.20. The van der Waals surface area contributed by atoms with Gasteiger partial charge >= 0.3 is 0 Å². The molecular formula is C21H35N5O2. The molecule has 1 aliphatic rings. The molecule has 1 aliphatic carbocycles. The molecule has 0 bridgehead atoms. The van der Waals surface area contributed by atoms with E-state index in [1.807, 2.05) is 19.9 Å². The van der Waals surface area contributed by atoms with Crippen molar-refractivity contribution in [3.63, 3.8) is 0 Å². The fourth-order valence-electron chi connectivity index (χ4n) is 3.66. The first-order chi connectivity index (χ1) is 13.6. The molecule has 0 atom stereocenters. The van der Waals surface area contributed by atoms with Gasteiger partial charge in [0, 0.05) is 38.9 Å². The van der Waals surface area contributed by atoms with Crippen LogP contribution >= 0.6 is 0 Å². The Balaban J connectivity index is 1.83. The van der Waals surface area contributed by atoms with Crippen LogP contribution in [-0.2, 0) is 4.79 Å². The van der Waals surface area contributed by atoms with Gasteiger partial charge in [0.25, 0.3) is 0 Å². The first kappa shape index (κ1) is 22.1. The number of hydrogen-bond donors (Lipinski definition) is 4. The summed E-state index contributed by atoms with van der Waals surface area (Å²) in [7, 11) is 0. The molecule has 7 nitrogen and oxygen atoms in total. The summed E-state index contributed by atoms with van der Waals surface area (Å²) in [4.78, 5) is 21.0. The standard InChI is InChI=1S/C21H35N5O2/c1-3-22-20(25-16-21(12-14-27)10-5-4-6-11-21)23-13-9-19(28)26-18-8-7-17(2)15-24-18/h7-8,15,27H,3-6,9-14,16H2,1-2H3,(H2,22,23,25)(H,24,26,28). The van der Waals surface area contributed by atoms with E-state index in [1.165, 1.54) is 19.3 Å². The number of rotatable bonds is 9. The van der Waals surface area contributed by atoms with E-state index in [4.69, 9.17) is 4.99 Å². The fourth-order valence-corrected chi connectivity index (χ4v) is 3.66. The van der Waals surface area contributed by atoms with E-state index in [9.17, 15) is 9.90 Å². The van der Waals surface area contributed by atoms with Gasteiger partial charge in [-0.15, -0.1) is 0 Å². The highest BCUT2D eigenvalue weighted by molar-refractivity contribution is 5.90. The monoisotopic (exact) mass is 389 g/mol. The number of pyridine rings is 1. The van der Waals surface area contributed by atoms with E-state index >= 15 is 0 Å². The molecule has 1 amide bonds. The Morgan fingerprint density at radius 2 is 2.04 bits per heavy atom. The van der Waals surface area contributed by atoms with E-state index in [0.717, 1.165) is 37.3 Å². The average Bonchev–Trinajstić information content (AvgIpc) is 2.69. The summed E-state index contributed by atoms with van der Waals surface area (Å²) in [6.07, 6.45) is 8.84. The zero-order valence-electron chi connectivity index (χ0n) is 17.3. The quantitative estimate of drug-likeness (QED) is 0.384. The van der Waals surface area contributed by atoms with Gasteiger partial charge in [0.15, 0.2) is 5.96 Å². The highest BCUT2D eigenvalue weighted by atomic mass is 16.3. The minimum atomic E-state index is -0.0799. The summed E-state index contributed by atoms with van der Waals surface area (Å²) < 4.78 is 0. The van der Waals surface area contributed by atoms with Crippen LogP contribution in [0.3, 0.4) is 0 Å². The summed E-state index contributed by atoms with van der Waals surface area (Å²) in [5.74, 6) is 1.22. The van der Waals surface area contributed by atoms with Crippen LogP contribution in [-0.4, -0.2) is 48.2 Å². The lowest BCUT2D eigenvalue weighted by Crippen LogP contribution is -2.40. The van der Waals surface area contributed by atoms with Crippen molar-refractivity contribution in [2.24, 2.45) is 10.4 Å². The molecule has 1 heterocycles. The highest BCUT2D eigenvalue weighted by Gasteiger charge is 2.31. The van der Waals surface area contributed by atoms with E-state index in [-0.39, 0.29) is 17.9 Å². The highest BCUT2D eigenvalue weighted by Crippen LogP contribution is 2.39. The number of aliphatic hydroxyl groups excluding tert-OH is 1. The van der Waals surface area contributed by atoms with E-state index in [0.29, 0.717) is 25.3 Å². The van der Waals surface area contributed by atoms with Gasteiger partial charge in [0.2, 0.25) is 5.91 Å². The first-order valence-electron chi connectivity index (χ1n) is 10.4. The van der Waals surface area contributed by atoms with Crippen LogP contribution in [0.1, 0.15) is 57.4 Å². The normalized spacial score (nSPS) is 16.5. The molecule has 4 N–H and O–H groups in total. The number of nitrogens with one attached hydrogen (secondary N) is 3. The lowest BCUT2D eigenvalue weighted by molar-refractivity contribution is -0.116. The fraction of sp³-hybridized carbons (Fsp3) is 0.667. The van der Waals surface area contributed by atoms with Crippen LogP contribution in [0, 0.1) is 12.3 Å². The summed E-state index contributed by atoms with van der Waals surface area (Å²) in [5.41, 5.74) is 1.17. The number of aromatic nitrogens is 1. The second kappa shape index (κ2) is 11.6. The van der Waals surface area contributed by atoms with Gasteiger partial charge in [-0.1, -0.05) is 25.3 Å². The van der Waals surface area contributed by atoms with Crippen LogP contribution in [0.2, 0.25) is 0 Å². The van der Waals surface area contributed by atoms with Crippen LogP contribution in [0.5, 0.6) is 0 Å². The molecular weight excluding hydrogens is 354 g/mol. The van der Waals surface area contributed by atoms with Gasteiger partial charge in [-0.3, -0.25) is 9.79 Å². The number of aryl methyl sites for hydroxylation is 1. The SMILES string of the molecule is CCNC(=NCC1(CCO)CCCCC1)NCCC(=O)Nc1ccc(C)cn1. The third kappa shape index (κ3) is 7.46. The second-order valence-electron chi connectivity index (χ2n) is 7.68. The number of nitrogens with zero attached hydrogens (tertiary/aromatic N) is 2. The maximum absolute atomic E-state index is 12.1. The average molecular weight is 390 g/mol. The molecule has 28 heavy (non-hydrogen) atoms. The topological polar surface area (TPSA) is 98.6 Å². The molecule has 0 aliphatic heterocycles. The van der Waals surface area contributed by atoms with Crippen LogP contribution in [0.15, 0.2) is 23.3 Å². The van der Waals surface area contributed by atoms with Gasteiger partial charge in [-0.25, -0.2) is 4.98 Å². The number of carbonyl (C=O) groups excluding carboxylic acids is 1. The summed E-state index contributed by atoms with van der Waals surface area (Å²) >= 11 is 0. The predicted molar refractivity (Wildman–Crippen MR) is 113 cm³/mol. The first-order valence-corrected chi connectivity index (χ1v) is 10.4. The lowest BCUT2D eigenvalue weighted by Gasteiger charge is -2.35. The minimum Gasteiger partial charge on any atom is -0.396 e. The Morgan fingerprint density at radius 1 is 1.25 bits per heavy atom. The Bertz CT molecular complexity index is 619. The molecule has 7 heteroatoms. The maximum atomic E-state index is 12.1. The van der Waals surface area contributed by atoms with Crippen molar-refractivity contribution in [2.75, 3.05) is 31.6 Å². The number of aliphatic hydroxyl groups is 1. The molecule has 156 valence electrons. The zero-order chi connectivity index (χ0) is 20.2. The van der Waals surface area contributed by atoms with Gasteiger partial charge in [-0.05, 0) is 50.2 Å². The van der Waals surface area contributed by atoms with E-state index in [2.05, 4.69) is 20.9 Å². The maximum Gasteiger partial charge on any atom is 0.227 e. The Labute approximate surface area is 168 Å². The second-order valence-corrected chi connectivity index (χ2v) is 7.68. The summed E-state index contributed by atoms with van der Waals surface area (Å²) in [6, 6.07) is 3.72. The number of aliphatic imine (C=N–C) groups is 1. The van der Waals surface area contributed by atoms with Crippen molar-refractivity contribution in [2.45, 2.75) is 58.8 Å². The third-order valence-electron chi connectivity index (χ3n) is 5.30. The van der Waals surface area contributed by atoms with Crippen molar-refractivity contribution in [3.05, 3.63) is 23.9 Å². The third-order valence-corrected chi connectivity index (χ3v) is 5.30.